The molecule has 2 atom stereocenters. The van der Waals surface area contributed by atoms with Gasteiger partial charge in [-0.2, -0.15) is 0 Å². The van der Waals surface area contributed by atoms with E-state index < -0.39 is 11.8 Å². The Labute approximate surface area is 203 Å². The van der Waals surface area contributed by atoms with Gasteiger partial charge in [-0.1, -0.05) is 13.0 Å². The Morgan fingerprint density at radius 3 is 2.68 bits per heavy atom. The second-order valence-corrected chi connectivity index (χ2v) is 10.2. The lowest BCUT2D eigenvalue weighted by Gasteiger charge is -2.18. The molecule has 0 bridgehead atoms. The van der Waals surface area contributed by atoms with Gasteiger partial charge < -0.3 is 25.4 Å². The fourth-order valence-corrected chi connectivity index (χ4v) is 6.20. The number of benzene rings is 1. The minimum atomic E-state index is -0.513. The summed E-state index contributed by atoms with van der Waals surface area (Å²) in [4.78, 5) is 40.6. The maximum absolute atomic E-state index is 13.0. The zero-order valence-corrected chi connectivity index (χ0v) is 20.6. The van der Waals surface area contributed by atoms with Gasteiger partial charge in [-0.15, -0.1) is 11.3 Å². The van der Waals surface area contributed by atoms with Crippen molar-refractivity contribution in [3.63, 3.8) is 0 Å². The Balaban J connectivity index is 1.40. The second kappa shape index (κ2) is 10.0. The van der Waals surface area contributed by atoms with Crippen molar-refractivity contribution in [3.8, 4) is 11.5 Å². The van der Waals surface area contributed by atoms with E-state index in [1.165, 1.54) is 11.3 Å². The number of fused-ring (bicyclic) bond motifs is 1. The van der Waals surface area contributed by atoms with Crippen molar-refractivity contribution in [2.45, 2.75) is 39.0 Å². The van der Waals surface area contributed by atoms with Crippen molar-refractivity contribution >= 4 is 34.1 Å². The highest BCUT2D eigenvalue weighted by Gasteiger charge is 2.35. The topological polar surface area (TPSA) is 111 Å². The lowest BCUT2D eigenvalue weighted by atomic mass is 9.88. The average Bonchev–Trinajstić information content (AvgIpc) is 3.36. The van der Waals surface area contributed by atoms with Crippen LogP contribution < -0.4 is 20.5 Å². The molecule has 8 nitrogen and oxygen atoms in total. The number of hydrogen-bond donors (Lipinski definition) is 2. The number of likely N-dealkylation sites (tertiary alicyclic amines) is 1. The van der Waals surface area contributed by atoms with Crippen LogP contribution in [0.15, 0.2) is 18.2 Å². The lowest BCUT2D eigenvalue weighted by molar-refractivity contribution is -0.128. The number of nitrogens with two attached hydrogens (primary N) is 1. The predicted molar refractivity (Wildman–Crippen MR) is 131 cm³/mol. The van der Waals surface area contributed by atoms with Crippen LogP contribution in [0.3, 0.4) is 0 Å². The molecule has 0 spiro atoms. The molecule has 34 heavy (non-hydrogen) atoms. The van der Waals surface area contributed by atoms with Crippen molar-refractivity contribution < 1.29 is 23.9 Å². The van der Waals surface area contributed by atoms with Crippen LogP contribution in [-0.4, -0.2) is 49.9 Å². The van der Waals surface area contributed by atoms with Gasteiger partial charge in [-0.25, -0.2) is 0 Å². The number of anilines is 1. The van der Waals surface area contributed by atoms with Gasteiger partial charge in [-0.05, 0) is 54.9 Å². The first-order valence-electron chi connectivity index (χ1n) is 11.5. The van der Waals surface area contributed by atoms with Crippen molar-refractivity contribution in [1.29, 1.82) is 0 Å². The summed E-state index contributed by atoms with van der Waals surface area (Å²) < 4.78 is 10.6. The molecule has 1 aromatic carbocycles. The highest BCUT2D eigenvalue weighted by atomic mass is 32.1. The van der Waals surface area contributed by atoms with Gasteiger partial charge >= 0.3 is 0 Å². The molecule has 1 aromatic heterocycles. The van der Waals surface area contributed by atoms with Crippen LogP contribution in [-0.2, 0) is 28.9 Å². The van der Waals surface area contributed by atoms with Gasteiger partial charge in [0, 0.05) is 24.4 Å². The molecule has 2 aliphatic rings. The molecule has 1 fully saturated rings. The van der Waals surface area contributed by atoms with Gasteiger partial charge in [0.25, 0.3) is 5.91 Å². The maximum Gasteiger partial charge on any atom is 0.251 e. The minimum Gasteiger partial charge on any atom is -0.493 e. The number of ether oxygens (including phenoxy) is 2. The van der Waals surface area contributed by atoms with E-state index in [1.807, 2.05) is 18.2 Å². The summed E-state index contributed by atoms with van der Waals surface area (Å²) in [5.74, 6) is 0.579. The molecule has 1 aliphatic heterocycles. The Morgan fingerprint density at radius 1 is 1.21 bits per heavy atom. The molecule has 182 valence electrons. The highest BCUT2D eigenvalue weighted by Crippen LogP contribution is 2.40. The molecular weight excluding hydrogens is 454 g/mol. The number of thiophene rings is 1. The summed E-state index contributed by atoms with van der Waals surface area (Å²) in [6.07, 6.45) is 3.49. The first-order chi connectivity index (χ1) is 16.3. The molecule has 4 rings (SSSR count). The van der Waals surface area contributed by atoms with E-state index in [1.54, 1.807) is 19.1 Å². The largest absolute Gasteiger partial charge is 0.493 e. The SMILES string of the molecule is COc1ccc(CCN2C[C@H](C(=O)Nc3sc4c(c3C(N)=O)CC[C@@H](C)C4)CC2=O)cc1OC. The third kappa shape index (κ3) is 4.89. The Hall–Kier alpha value is -3.07. The Bertz CT molecular complexity index is 1110. The van der Waals surface area contributed by atoms with Crippen LogP contribution in [0.5, 0.6) is 11.5 Å². The van der Waals surface area contributed by atoms with Crippen LogP contribution in [0.25, 0.3) is 0 Å². The number of carbonyl (C=O) groups is 3. The molecule has 1 saturated heterocycles. The first kappa shape index (κ1) is 24.1. The third-order valence-corrected chi connectivity index (χ3v) is 7.87. The van der Waals surface area contributed by atoms with Crippen LogP contribution in [0, 0.1) is 11.8 Å². The minimum absolute atomic E-state index is 0.0462. The quantitative estimate of drug-likeness (QED) is 0.597. The predicted octanol–water partition coefficient (Wildman–Crippen LogP) is 3.02. The van der Waals surface area contributed by atoms with E-state index >= 15 is 0 Å². The fourth-order valence-electron chi connectivity index (χ4n) is 4.78. The number of hydrogen-bond acceptors (Lipinski definition) is 6. The monoisotopic (exact) mass is 485 g/mol. The molecule has 1 aliphatic carbocycles. The number of carbonyl (C=O) groups excluding carboxylic acids is 3. The summed E-state index contributed by atoms with van der Waals surface area (Å²) in [6.45, 7) is 3.05. The number of rotatable bonds is 8. The summed E-state index contributed by atoms with van der Waals surface area (Å²) >= 11 is 1.44. The summed E-state index contributed by atoms with van der Waals surface area (Å²) in [6, 6.07) is 5.68. The van der Waals surface area contributed by atoms with E-state index in [-0.39, 0.29) is 18.2 Å². The van der Waals surface area contributed by atoms with Gasteiger partial charge in [0.15, 0.2) is 11.5 Å². The van der Waals surface area contributed by atoms with Gasteiger partial charge in [0.1, 0.15) is 5.00 Å². The number of nitrogens with one attached hydrogen (secondary N) is 1. The highest BCUT2D eigenvalue weighted by molar-refractivity contribution is 7.17. The van der Waals surface area contributed by atoms with E-state index in [0.717, 1.165) is 35.3 Å². The Kier molecular flexibility index (Phi) is 7.11. The van der Waals surface area contributed by atoms with Gasteiger partial charge in [-0.3, -0.25) is 14.4 Å². The molecule has 9 heteroatoms. The molecule has 0 unspecified atom stereocenters. The molecule has 0 saturated carbocycles. The molecule has 0 radical (unpaired) electrons. The fraction of sp³-hybridized carbons (Fsp3) is 0.480. The molecule has 2 heterocycles. The van der Waals surface area contributed by atoms with E-state index in [4.69, 9.17) is 15.2 Å². The van der Waals surface area contributed by atoms with Crippen molar-refractivity contribution in [1.82, 2.24) is 4.90 Å². The van der Waals surface area contributed by atoms with Crippen molar-refractivity contribution in [3.05, 3.63) is 39.8 Å². The standard InChI is InChI=1S/C25H31N3O5S/c1-14-4-6-17-20(10-14)34-25(22(17)23(26)30)27-24(31)16-12-21(29)28(13-16)9-8-15-5-7-18(32-2)19(11-15)33-3/h5,7,11,14,16H,4,6,8-10,12-13H2,1-3H3,(H2,26,30)(H,27,31)/t14-,16-/m1/s1. The van der Waals surface area contributed by atoms with Crippen LogP contribution >= 0.6 is 11.3 Å². The van der Waals surface area contributed by atoms with Crippen LogP contribution in [0.1, 0.15) is 46.1 Å². The van der Waals surface area contributed by atoms with Crippen molar-refractivity contribution in [2.24, 2.45) is 17.6 Å². The summed E-state index contributed by atoms with van der Waals surface area (Å²) in [7, 11) is 3.17. The number of nitrogens with zero attached hydrogens (tertiary/aromatic N) is 1. The van der Waals surface area contributed by atoms with Crippen molar-refractivity contribution in [2.75, 3.05) is 32.6 Å². The van der Waals surface area contributed by atoms with E-state index in [2.05, 4.69) is 12.2 Å². The Morgan fingerprint density at radius 2 is 1.97 bits per heavy atom. The number of amides is 3. The smallest absolute Gasteiger partial charge is 0.251 e. The zero-order valence-electron chi connectivity index (χ0n) is 19.8. The summed E-state index contributed by atoms with van der Waals surface area (Å²) in [5.41, 5.74) is 8.10. The maximum atomic E-state index is 13.0. The van der Waals surface area contributed by atoms with Gasteiger partial charge in [0.05, 0.1) is 25.7 Å². The van der Waals surface area contributed by atoms with E-state index in [9.17, 15) is 14.4 Å². The summed E-state index contributed by atoms with van der Waals surface area (Å²) in [5, 5.41) is 3.44. The van der Waals surface area contributed by atoms with E-state index in [0.29, 0.717) is 47.5 Å². The first-order valence-corrected chi connectivity index (χ1v) is 12.4. The number of methoxy groups -OCH3 is 2. The van der Waals surface area contributed by atoms with Crippen LogP contribution in [0.4, 0.5) is 5.00 Å². The molecule has 3 amide bonds. The third-order valence-electron chi connectivity index (χ3n) is 6.70. The average molecular weight is 486 g/mol. The molecule has 2 aromatic rings. The zero-order chi connectivity index (χ0) is 24.4. The lowest BCUT2D eigenvalue weighted by Crippen LogP contribution is -2.30. The van der Waals surface area contributed by atoms with Gasteiger partial charge in [0.2, 0.25) is 11.8 Å². The molecule has 3 N–H and O–H groups in total. The van der Waals surface area contributed by atoms with Crippen LogP contribution in [0.2, 0.25) is 0 Å². The second-order valence-electron chi connectivity index (χ2n) is 9.09. The molecular formula is C25H31N3O5S. The normalized spacial score (nSPS) is 19.6. The number of primary amides is 1.